The zero-order valence-corrected chi connectivity index (χ0v) is 10.6. The fraction of sp³-hybridized carbons (Fsp3) is 0.308. The minimum Gasteiger partial charge on any atom is -0.466 e. The summed E-state index contributed by atoms with van der Waals surface area (Å²) in [6.45, 7) is 4.13. The van der Waals surface area contributed by atoms with Crippen LogP contribution in [0.1, 0.15) is 18.2 Å². The van der Waals surface area contributed by atoms with Crippen LogP contribution in [-0.2, 0) is 16.0 Å². The molecule has 0 saturated carbocycles. The van der Waals surface area contributed by atoms with Gasteiger partial charge in [0, 0.05) is 16.6 Å². The van der Waals surface area contributed by atoms with Crippen molar-refractivity contribution in [1.29, 1.82) is 0 Å². The van der Waals surface area contributed by atoms with Gasteiger partial charge in [-0.15, -0.1) is 0 Å². The summed E-state index contributed by atoms with van der Waals surface area (Å²) in [5.41, 5.74) is 2.83. The first kappa shape index (κ1) is 12.0. The molecule has 2 aromatic rings. The summed E-state index contributed by atoms with van der Waals surface area (Å²) in [6.07, 6.45) is 0.253. The van der Waals surface area contributed by atoms with Crippen LogP contribution in [0.5, 0.6) is 0 Å². The Hall–Kier alpha value is -1.48. The van der Waals surface area contributed by atoms with E-state index in [1.165, 1.54) is 0 Å². The van der Waals surface area contributed by atoms with Gasteiger partial charge < -0.3 is 9.72 Å². The van der Waals surface area contributed by atoms with Crippen LogP contribution in [0.3, 0.4) is 0 Å². The molecular formula is C13H14ClNO2. The second-order valence-electron chi connectivity index (χ2n) is 3.87. The number of nitrogens with one attached hydrogen (secondary N) is 1. The van der Waals surface area contributed by atoms with Crippen molar-refractivity contribution < 1.29 is 9.53 Å². The van der Waals surface area contributed by atoms with E-state index in [1.807, 2.05) is 25.1 Å². The number of carbonyl (C=O) groups is 1. The molecule has 0 unspecified atom stereocenters. The zero-order chi connectivity index (χ0) is 12.4. The first-order chi connectivity index (χ1) is 8.13. The molecule has 0 saturated heterocycles. The Morgan fingerprint density at radius 3 is 2.94 bits per heavy atom. The molecule has 1 aromatic heterocycles. The molecule has 0 atom stereocenters. The molecule has 0 bridgehead atoms. The molecule has 3 nitrogen and oxygen atoms in total. The lowest BCUT2D eigenvalue weighted by Crippen LogP contribution is -2.08. The summed E-state index contributed by atoms with van der Waals surface area (Å²) in [6, 6.07) is 5.66. The maximum Gasteiger partial charge on any atom is 0.310 e. The SMILES string of the molecule is CCOC(=O)Cc1c(C)[nH]c2cccc(Cl)c12. The Morgan fingerprint density at radius 2 is 2.24 bits per heavy atom. The third-order valence-electron chi connectivity index (χ3n) is 2.72. The van der Waals surface area contributed by atoms with Crippen molar-refractivity contribution >= 4 is 28.5 Å². The van der Waals surface area contributed by atoms with Gasteiger partial charge in [-0.25, -0.2) is 0 Å². The maximum atomic E-state index is 11.5. The summed E-state index contributed by atoms with van der Waals surface area (Å²) >= 11 is 6.16. The van der Waals surface area contributed by atoms with E-state index in [4.69, 9.17) is 16.3 Å². The fourth-order valence-corrected chi connectivity index (χ4v) is 2.27. The van der Waals surface area contributed by atoms with Gasteiger partial charge in [-0.2, -0.15) is 0 Å². The van der Waals surface area contributed by atoms with Crippen LogP contribution in [0.4, 0.5) is 0 Å². The van der Waals surface area contributed by atoms with Crippen molar-refractivity contribution in [3.63, 3.8) is 0 Å². The number of hydrogen-bond acceptors (Lipinski definition) is 2. The molecule has 4 heteroatoms. The molecule has 1 N–H and O–H groups in total. The number of esters is 1. The van der Waals surface area contributed by atoms with Gasteiger partial charge >= 0.3 is 5.97 Å². The molecule has 17 heavy (non-hydrogen) atoms. The van der Waals surface area contributed by atoms with Gasteiger partial charge in [0.05, 0.1) is 18.1 Å². The van der Waals surface area contributed by atoms with E-state index in [2.05, 4.69) is 4.98 Å². The van der Waals surface area contributed by atoms with Crippen molar-refractivity contribution in [2.45, 2.75) is 20.3 Å². The largest absolute Gasteiger partial charge is 0.466 e. The van der Waals surface area contributed by atoms with E-state index in [1.54, 1.807) is 6.92 Å². The molecule has 0 aliphatic carbocycles. The molecule has 2 rings (SSSR count). The summed E-state index contributed by atoms with van der Waals surface area (Å²) in [7, 11) is 0. The third-order valence-corrected chi connectivity index (χ3v) is 3.03. The molecule has 1 aromatic carbocycles. The van der Waals surface area contributed by atoms with Gasteiger partial charge in [0.25, 0.3) is 0 Å². The second-order valence-corrected chi connectivity index (χ2v) is 4.28. The Labute approximate surface area is 105 Å². The normalized spacial score (nSPS) is 10.8. The maximum absolute atomic E-state index is 11.5. The van der Waals surface area contributed by atoms with E-state index < -0.39 is 0 Å². The van der Waals surface area contributed by atoms with Crippen LogP contribution >= 0.6 is 11.6 Å². The standard InChI is InChI=1S/C13H14ClNO2/c1-3-17-12(16)7-9-8(2)15-11-6-4-5-10(14)13(9)11/h4-6,15H,3,7H2,1-2H3. The van der Waals surface area contributed by atoms with Gasteiger partial charge in [0.2, 0.25) is 0 Å². The van der Waals surface area contributed by atoms with Crippen molar-refractivity contribution in [2.75, 3.05) is 6.61 Å². The van der Waals surface area contributed by atoms with Gasteiger partial charge in [-0.1, -0.05) is 17.7 Å². The van der Waals surface area contributed by atoms with E-state index in [0.717, 1.165) is 22.2 Å². The van der Waals surface area contributed by atoms with Crippen molar-refractivity contribution in [3.05, 3.63) is 34.5 Å². The lowest BCUT2D eigenvalue weighted by Gasteiger charge is -2.03. The Bertz CT molecular complexity index is 560. The van der Waals surface area contributed by atoms with Crippen molar-refractivity contribution in [3.8, 4) is 0 Å². The highest BCUT2D eigenvalue weighted by Gasteiger charge is 2.14. The molecule has 90 valence electrons. The Balaban J connectivity index is 2.45. The molecule has 0 amide bonds. The lowest BCUT2D eigenvalue weighted by molar-refractivity contribution is -0.142. The molecule has 0 radical (unpaired) electrons. The predicted octanol–water partition coefficient (Wildman–Crippen LogP) is 3.24. The number of halogens is 1. The van der Waals surface area contributed by atoms with E-state index in [0.29, 0.717) is 11.6 Å². The second kappa shape index (κ2) is 4.80. The van der Waals surface area contributed by atoms with Crippen molar-refractivity contribution in [2.24, 2.45) is 0 Å². The lowest BCUT2D eigenvalue weighted by atomic mass is 10.1. The van der Waals surface area contributed by atoms with Gasteiger partial charge in [0.15, 0.2) is 0 Å². The van der Waals surface area contributed by atoms with Crippen molar-refractivity contribution in [1.82, 2.24) is 4.98 Å². The molecule has 0 spiro atoms. The number of benzene rings is 1. The minimum atomic E-state index is -0.226. The smallest absolute Gasteiger partial charge is 0.310 e. The van der Waals surface area contributed by atoms with Crippen LogP contribution in [-0.4, -0.2) is 17.6 Å². The van der Waals surface area contributed by atoms with Gasteiger partial charge in [-0.05, 0) is 31.5 Å². The molecule has 0 aliphatic heterocycles. The summed E-state index contributed by atoms with van der Waals surface area (Å²) in [5, 5.41) is 1.57. The number of aromatic amines is 1. The van der Waals surface area contributed by atoms with Crippen LogP contribution in [0.2, 0.25) is 5.02 Å². The highest BCUT2D eigenvalue weighted by Crippen LogP contribution is 2.29. The number of aromatic nitrogens is 1. The van der Waals surface area contributed by atoms with Crippen LogP contribution in [0, 0.1) is 6.92 Å². The zero-order valence-electron chi connectivity index (χ0n) is 9.84. The number of aryl methyl sites for hydroxylation is 1. The monoisotopic (exact) mass is 251 g/mol. The number of rotatable bonds is 3. The quantitative estimate of drug-likeness (QED) is 0.851. The highest BCUT2D eigenvalue weighted by molar-refractivity contribution is 6.35. The first-order valence-corrected chi connectivity index (χ1v) is 5.92. The molecule has 0 fully saturated rings. The number of H-pyrrole nitrogens is 1. The molecular weight excluding hydrogens is 238 g/mol. The fourth-order valence-electron chi connectivity index (χ4n) is 1.98. The van der Waals surface area contributed by atoms with Gasteiger partial charge in [0.1, 0.15) is 0 Å². The van der Waals surface area contributed by atoms with E-state index in [-0.39, 0.29) is 12.4 Å². The topological polar surface area (TPSA) is 42.1 Å². The average Bonchev–Trinajstić information content (AvgIpc) is 2.57. The van der Waals surface area contributed by atoms with Crippen LogP contribution in [0.15, 0.2) is 18.2 Å². The summed E-state index contributed by atoms with van der Waals surface area (Å²) in [4.78, 5) is 14.8. The minimum absolute atomic E-state index is 0.226. The Kier molecular flexibility index (Phi) is 3.38. The Morgan fingerprint density at radius 1 is 1.47 bits per heavy atom. The first-order valence-electron chi connectivity index (χ1n) is 5.54. The number of ether oxygens (including phenoxy) is 1. The average molecular weight is 252 g/mol. The van der Waals surface area contributed by atoms with Crippen LogP contribution in [0.25, 0.3) is 10.9 Å². The number of carbonyl (C=O) groups excluding carboxylic acids is 1. The number of hydrogen-bond donors (Lipinski definition) is 1. The van der Waals surface area contributed by atoms with E-state index >= 15 is 0 Å². The van der Waals surface area contributed by atoms with E-state index in [9.17, 15) is 4.79 Å². The third kappa shape index (κ3) is 2.29. The van der Waals surface area contributed by atoms with Gasteiger partial charge in [-0.3, -0.25) is 4.79 Å². The molecule has 0 aliphatic rings. The molecule has 1 heterocycles. The number of fused-ring (bicyclic) bond motifs is 1. The van der Waals surface area contributed by atoms with Crippen LogP contribution < -0.4 is 0 Å². The summed E-state index contributed by atoms with van der Waals surface area (Å²) < 4.78 is 4.96. The summed E-state index contributed by atoms with van der Waals surface area (Å²) in [5.74, 6) is -0.226. The predicted molar refractivity (Wildman–Crippen MR) is 68.4 cm³/mol. The highest BCUT2D eigenvalue weighted by atomic mass is 35.5.